The molecule has 3 aromatic rings. The second-order valence-corrected chi connectivity index (χ2v) is 5.25. The van der Waals surface area contributed by atoms with Gasteiger partial charge in [-0.1, -0.05) is 60.1 Å². The van der Waals surface area contributed by atoms with Crippen LogP contribution in [0.2, 0.25) is 5.02 Å². The van der Waals surface area contributed by atoms with Crippen LogP contribution in [-0.2, 0) is 0 Å². The predicted molar refractivity (Wildman–Crippen MR) is 88.0 cm³/mol. The zero-order valence-corrected chi connectivity index (χ0v) is 12.4. The van der Waals surface area contributed by atoms with Crippen LogP contribution in [0.4, 0.5) is 5.82 Å². The lowest BCUT2D eigenvalue weighted by molar-refractivity contribution is -0.346. The van der Waals surface area contributed by atoms with Crippen molar-refractivity contribution in [1.29, 1.82) is 5.26 Å². The van der Waals surface area contributed by atoms with E-state index in [1.165, 1.54) is 0 Å². The summed E-state index contributed by atoms with van der Waals surface area (Å²) in [5, 5.41) is 10.0. The molecule has 0 radical (unpaired) electrons. The average Bonchev–Trinajstić information content (AvgIpc) is 2.55. The van der Waals surface area contributed by atoms with Gasteiger partial charge in [0.2, 0.25) is 0 Å². The van der Waals surface area contributed by atoms with Crippen molar-refractivity contribution in [3.8, 4) is 28.5 Å². The number of nitriles is 1. The Kier molecular flexibility index (Phi) is 3.78. The van der Waals surface area contributed by atoms with E-state index in [2.05, 4.69) is 11.1 Å². The van der Waals surface area contributed by atoms with Crippen molar-refractivity contribution in [2.75, 3.05) is 5.73 Å². The molecule has 0 aliphatic heterocycles. The number of aromatic amines is 1. The fourth-order valence-electron chi connectivity index (χ4n) is 2.39. The van der Waals surface area contributed by atoms with Crippen molar-refractivity contribution in [1.82, 2.24) is 0 Å². The minimum atomic E-state index is 0.332. The molecule has 0 spiro atoms. The van der Waals surface area contributed by atoms with E-state index in [-0.39, 0.29) is 0 Å². The minimum Gasteiger partial charge on any atom is -0.286 e. The number of nitrogens with one attached hydrogen (secondary N) is 1. The van der Waals surface area contributed by atoms with Gasteiger partial charge in [-0.15, -0.1) is 0 Å². The Balaban J connectivity index is 2.28. The number of halogens is 1. The van der Waals surface area contributed by atoms with Crippen molar-refractivity contribution in [3.63, 3.8) is 0 Å². The Morgan fingerprint density at radius 2 is 1.64 bits per heavy atom. The maximum Gasteiger partial charge on any atom is 0.289 e. The lowest BCUT2D eigenvalue weighted by atomic mass is 9.98. The fourth-order valence-corrected chi connectivity index (χ4v) is 2.63. The third kappa shape index (κ3) is 2.52. The fraction of sp³-hybridized carbons (Fsp3) is 0. The molecule has 3 nitrogen and oxygen atoms in total. The quantitative estimate of drug-likeness (QED) is 0.779. The molecule has 4 heteroatoms. The molecular formula is C18H13ClN3+. The molecule has 3 rings (SSSR count). The van der Waals surface area contributed by atoms with Crippen LogP contribution in [0.25, 0.3) is 22.4 Å². The zero-order valence-electron chi connectivity index (χ0n) is 11.7. The standard InChI is InChI=1S/C18H12ClN3/c19-16-9-5-4-8-13(16)14-10-17(12-6-2-1-3-7-12)22-18(21)15(14)11-20/h1-10H,(H2,21,22)/p+1. The smallest absolute Gasteiger partial charge is 0.286 e. The van der Waals surface area contributed by atoms with Crippen LogP contribution in [0.3, 0.4) is 0 Å². The third-order valence-electron chi connectivity index (χ3n) is 3.46. The Morgan fingerprint density at radius 1 is 0.955 bits per heavy atom. The topological polar surface area (TPSA) is 64.0 Å². The van der Waals surface area contributed by atoms with Gasteiger partial charge in [-0.2, -0.15) is 5.26 Å². The van der Waals surface area contributed by atoms with Crippen LogP contribution < -0.4 is 10.7 Å². The van der Waals surface area contributed by atoms with Crippen LogP contribution in [0.1, 0.15) is 5.56 Å². The largest absolute Gasteiger partial charge is 0.289 e. The van der Waals surface area contributed by atoms with Crippen LogP contribution >= 0.6 is 11.6 Å². The number of rotatable bonds is 2. The summed E-state index contributed by atoms with van der Waals surface area (Å²) in [5.74, 6) is 0.332. The van der Waals surface area contributed by atoms with E-state index in [0.29, 0.717) is 16.4 Å². The molecule has 0 fully saturated rings. The summed E-state index contributed by atoms with van der Waals surface area (Å²) in [6, 6.07) is 21.3. The van der Waals surface area contributed by atoms with Crippen molar-refractivity contribution in [2.45, 2.75) is 0 Å². The van der Waals surface area contributed by atoms with E-state index in [1.54, 1.807) is 6.07 Å². The highest BCUT2D eigenvalue weighted by molar-refractivity contribution is 6.33. The van der Waals surface area contributed by atoms with Crippen LogP contribution in [0, 0.1) is 11.3 Å². The molecule has 0 atom stereocenters. The van der Waals surface area contributed by atoms with E-state index in [4.69, 9.17) is 17.3 Å². The highest BCUT2D eigenvalue weighted by Gasteiger charge is 2.18. The normalized spacial score (nSPS) is 10.2. The van der Waals surface area contributed by atoms with Gasteiger partial charge in [0.1, 0.15) is 17.3 Å². The zero-order chi connectivity index (χ0) is 15.5. The molecule has 0 bridgehead atoms. The van der Waals surface area contributed by atoms with Crippen molar-refractivity contribution >= 4 is 17.4 Å². The lowest BCUT2D eigenvalue weighted by Crippen LogP contribution is -2.16. The molecule has 0 aliphatic rings. The van der Waals surface area contributed by atoms with Gasteiger partial charge in [0.05, 0.1) is 0 Å². The summed E-state index contributed by atoms with van der Waals surface area (Å²) in [4.78, 5) is 3.08. The molecule has 22 heavy (non-hydrogen) atoms. The number of H-pyrrole nitrogens is 1. The maximum absolute atomic E-state index is 9.42. The first kappa shape index (κ1) is 14.1. The number of anilines is 1. The number of benzene rings is 2. The van der Waals surface area contributed by atoms with Crippen LogP contribution in [-0.4, -0.2) is 0 Å². The van der Waals surface area contributed by atoms with E-state index in [9.17, 15) is 5.26 Å². The first-order valence-corrected chi connectivity index (χ1v) is 7.14. The molecule has 0 unspecified atom stereocenters. The third-order valence-corrected chi connectivity index (χ3v) is 3.79. The van der Waals surface area contributed by atoms with Gasteiger partial charge in [0.15, 0.2) is 0 Å². The van der Waals surface area contributed by atoms with Gasteiger partial charge in [0.25, 0.3) is 5.82 Å². The molecule has 0 amide bonds. The lowest BCUT2D eigenvalue weighted by Gasteiger charge is -2.08. The van der Waals surface area contributed by atoms with Crippen LogP contribution in [0.15, 0.2) is 60.7 Å². The molecule has 3 N–H and O–H groups in total. The molecule has 106 valence electrons. The van der Waals surface area contributed by atoms with Gasteiger partial charge in [-0.3, -0.25) is 5.73 Å². The number of nitrogen functional groups attached to an aromatic ring is 1. The van der Waals surface area contributed by atoms with Gasteiger partial charge >= 0.3 is 0 Å². The number of aromatic nitrogens is 1. The minimum absolute atomic E-state index is 0.332. The van der Waals surface area contributed by atoms with Gasteiger partial charge in [0, 0.05) is 21.7 Å². The highest BCUT2D eigenvalue weighted by atomic mass is 35.5. The molecule has 1 heterocycles. The van der Waals surface area contributed by atoms with Gasteiger partial charge < -0.3 is 0 Å². The molecule has 0 saturated carbocycles. The molecular weight excluding hydrogens is 294 g/mol. The Morgan fingerprint density at radius 3 is 2.32 bits per heavy atom. The van der Waals surface area contributed by atoms with Gasteiger partial charge in [-0.05, 0) is 12.1 Å². The summed E-state index contributed by atoms with van der Waals surface area (Å²) in [7, 11) is 0. The predicted octanol–water partition coefficient (Wildman–Crippen LogP) is 3.94. The second-order valence-electron chi connectivity index (χ2n) is 4.84. The molecule has 0 saturated heterocycles. The average molecular weight is 307 g/mol. The van der Waals surface area contributed by atoms with E-state index >= 15 is 0 Å². The highest BCUT2D eigenvalue weighted by Crippen LogP contribution is 2.33. The monoisotopic (exact) mass is 306 g/mol. The van der Waals surface area contributed by atoms with Crippen molar-refractivity contribution < 1.29 is 4.98 Å². The van der Waals surface area contributed by atoms with Crippen molar-refractivity contribution in [3.05, 3.63) is 71.2 Å². The first-order chi connectivity index (χ1) is 10.7. The Bertz CT molecular complexity index is 867. The molecule has 0 aliphatic carbocycles. The molecule has 1 aromatic heterocycles. The maximum atomic E-state index is 9.42. The Labute approximate surface area is 133 Å². The van der Waals surface area contributed by atoms with Crippen molar-refractivity contribution in [2.24, 2.45) is 0 Å². The SMILES string of the molecule is N#Cc1c(-c2ccccc2Cl)cc(-c2ccccc2)[nH+]c1N. The summed E-state index contributed by atoms with van der Waals surface area (Å²) in [6.07, 6.45) is 0. The number of pyridine rings is 1. The summed E-state index contributed by atoms with van der Waals surface area (Å²) >= 11 is 6.28. The number of hydrogen-bond acceptors (Lipinski definition) is 2. The number of nitrogens with two attached hydrogens (primary N) is 1. The number of nitrogens with zero attached hydrogens (tertiary/aromatic N) is 1. The molecule has 2 aromatic carbocycles. The van der Waals surface area contributed by atoms with Crippen LogP contribution in [0.5, 0.6) is 0 Å². The summed E-state index contributed by atoms with van der Waals surface area (Å²) in [5.41, 5.74) is 9.78. The summed E-state index contributed by atoms with van der Waals surface area (Å²) < 4.78 is 0. The Hall–Kier alpha value is -2.83. The summed E-state index contributed by atoms with van der Waals surface area (Å²) in [6.45, 7) is 0. The van der Waals surface area contributed by atoms with E-state index in [1.807, 2.05) is 54.6 Å². The first-order valence-electron chi connectivity index (χ1n) is 6.77. The number of hydrogen-bond donors (Lipinski definition) is 1. The second kappa shape index (κ2) is 5.88. The van der Waals surface area contributed by atoms with E-state index in [0.717, 1.165) is 22.4 Å². The van der Waals surface area contributed by atoms with E-state index < -0.39 is 0 Å². The van der Waals surface area contributed by atoms with Gasteiger partial charge in [-0.25, -0.2) is 4.98 Å².